The fourth-order valence-corrected chi connectivity index (χ4v) is 7.94. The van der Waals surface area contributed by atoms with Gasteiger partial charge in [0.15, 0.2) is 10.7 Å². The van der Waals surface area contributed by atoms with Gasteiger partial charge in [-0.05, 0) is 120 Å². The van der Waals surface area contributed by atoms with Gasteiger partial charge in [0.25, 0.3) is 5.69 Å². The summed E-state index contributed by atoms with van der Waals surface area (Å²) < 4.78 is 21.3. The van der Waals surface area contributed by atoms with Gasteiger partial charge in [-0.25, -0.2) is 9.97 Å². The molecule has 0 unspecified atom stereocenters. The molecule has 4 aromatic carbocycles. The van der Waals surface area contributed by atoms with E-state index in [2.05, 4.69) is 5.11 Å². The van der Waals surface area contributed by atoms with Crippen molar-refractivity contribution in [3.8, 4) is 23.0 Å². The highest BCUT2D eigenvalue weighted by Gasteiger charge is 2.20. The summed E-state index contributed by atoms with van der Waals surface area (Å²) in [6.07, 6.45) is 0. The van der Waals surface area contributed by atoms with E-state index < -0.39 is 0 Å². The number of aromatic nitrogens is 2. The molecule has 0 aliphatic carbocycles. The Bertz CT molecular complexity index is 2100. The number of azo groups is 1. The third kappa shape index (κ3) is 9.70. The summed E-state index contributed by atoms with van der Waals surface area (Å²) in [7, 11) is 6.53. The quantitative estimate of drug-likeness (QED) is 0.0603. The lowest BCUT2D eigenvalue weighted by Crippen LogP contribution is -1.97. The van der Waals surface area contributed by atoms with E-state index in [9.17, 15) is 5.21 Å². The van der Waals surface area contributed by atoms with Crippen LogP contribution in [0.3, 0.4) is 0 Å². The van der Waals surface area contributed by atoms with E-state index in [1.807, 2.05) is 115 Å². The van der Waals surface area contributed by atoms with Crippen molar-refractivity contribution in [2.45, 2.75) is 39.7 Å². The van der Waals surface area contributed by atoms with Crippen molar-refractivity contribution in [1.82, 2.24) is 9.97 Å². The Morgan fingerprint density at radius 3 is 1.22 bits per heavy atom. The number of hydrogen-bond acceptors (Lipinski definition) is 12. The highest BCUT2D eigenvalue weighted by Crippen LogP contribution is 2.41. The monoisotopic (exact) mass is 752 g/mol. The lowest BCUT2D eigenvalue weighted by molar-refractivity contribution is -0.438. The molecule has 2 aromatic heterocycles. The van der Waals surface area contributed by atoms with Crippen LogP contribution in [0.5, 0.6) is 23.0 Å². The van der Waals surface area contributed by atoms with Crippen molar-refractivity contribution in [2.75, 3.05) is 28.4 Å². The first-order chi connectivity index (χ1) is 24.9. The molecule has 0 spiro atoms. The summed E-state index contributed by atoms with van der Waals surface area (Å²) in [5.74, 6) is 3.03. The maximum Gasteiger partial charge on any atom is 0.277 e. The van der Waals surface area contributed by atoms with E-state index in [1.165, 1.54) is 47.0 Å². The minimum absolute atomic E-state index is 0.298. The summed E-state index contributed by atoms with van der Waals surface area (Å²) in [6.45, 7) is 0. The third-order valence-corrected chi connectivity index (χ3v) is 11.0. The zero-order valence-electron chi connectivity index (χ0n) is 28.0. The highest BCUT2D eigenvalue weighted by molar-refractivity contribution is 8.00. The smallest absolute Gasteiger partial charge is 0.277 e. The Hall–Kier alpha value is -4.82. The van der Waals surface area contributed by atoms with E-state index >= 15 is 0 Å². The molecule has 258 valence electrons. The predicted molar refractivity (Wildman–Crippen MR) is 202 cm³/mol. The fourth-order valence-electron chi connectivity index (χ4n) is 4.51. The normalized spacial score (nSPS) is 11.3. The van der Waals surface area contributed by atoms with Gasteiger partial charge in [-0.1, -0.05) is 47.0 Å². The second kappa shape index (κ2) is 17.4. The van der Waals surface area contributed by atoms with E-state index in [0.717, 1.165) is 52.6 Å². The molecule has 2 heterocycles. The molecule has 13 heteroatoms. The molecule has 9 nitrogen and oxygen atoms in total. The van der Waals surface area contributed by atoms with E-state index in [0.29, 0.717) is 26.3 Å². The molecule has 0 N–H and O–H groups in total. The van der Waals surface area contributed by atoms with Gasteiger partial charge in [0.1, 0.15) is 38.1 Å². The summed E-state index contributed by atoms with van der Waals surface area (Å²) in [6, 6.07) is 38.0. The first kappa shape index (κ1) is 36.0. The lowest BCUT2D eigenvalue weighted by atomic mass is 10.3. The SMILES string of the molecule is COc1ccc(Sc2ccc(N=[N+]([O-])c3ccc(Sc4ccc(OC)cc4)nc3Sc3ccc(OC)cc3)c(Sc3ccc(OC)cc3)n2)cc1. The van der Waals surface area contributed by atoms with Crippen LogP contribution in [0.4, 0.5) is 11.4 Å². The van der Waals surface area contributed by atoms with Crippen molar-refractivity contribution < 1.29 is 23.8 Å². The standard InChI is InChI=1S/C38H32N4O5S4/c1-44-25-5-13-29(14-6-25)48-35-23-21-33(37(39-35)50-31-17-9-27(46-3)10-18-31)41-42(43)34-22-24-36(49-30-15-7-26(45-2)8-16-30)40-38(34)51-32-19-11-28(47-4)12-20-32/h5-24H,1-4H3. The number of nitrogens with zero attached hydrogens (tertiary/aromatic N) is 4. The van der Waals surface area contributed by atoms with Crippen LogP contribution in [0.25, 0.3) is 0 Å². The van der Waals surface area contributed by atoms with Crippen LogP contribution in [-0.2, 0) is 0 Å². The molecule has 51 heavy (non-hydrogen) atoms. The molecule has 0 fully saturated rings. The highest BCUT2D eigenvalue weighted by atomic mass is 32.2. The van der Waals surface area contributed by atoms with E-state index in [4.69, 9.17) is 28.9 Å². The lowest BCUT2D eigenvalue weighted by Gasteiger charge is -2.10. The Morgan fingerprint density at radius 1 is 0.451 bits per heavy atom. The van der Waals surface area contributed by atoms with Crippen LogP contribution >= 0.6 is 47.0 Å². The van der Waals surface area contributed by atoms with Gasteiger partial charge in [-0.3, -0.25) is 0 Å². The summed E-state index contributed by atoms with van der Waals surface area (Å²) in [4.78, 5) is 14.3. The maximum atomic E-state index is 14.0. The number of hydrogen-bond donors (Lipinski definition) is 0. The van der Waals surface area contributed by atoms with Crippen LogP contribution in [0, 0.1) is 5.21 Å². The first-order valence-electron chi connectivity index (χ1n) is 15.4. The molecule has 6 aromatic rings. The van der Waals surface area contributed by atoms with E-state index in [-0.39, 0.29) is 0 Å². The molecule has 0 radical (unpaired) electrons. The summed E-state index contributed by atoms with van der Waals surface area (Å²) >= 11 is 5.78. The Kier molecular flexibility index (Phi) is 12.3. The molecule has 0 atom stereocenters. The van der Waals surface area contributed by atoms with Gasteiger partial charge in [0.2, 0.25) is 0 Å². The second-order valence-corrected chi connectivity index (χ2v) is 14.7. The number of benzene rings is 4. The Balaban J connectivity index is 1.35. The first-order valence-corrected chi connectivity index (χ1v) is 18.7. The molecule has 0 saturated carbocycles. The second-order valence-electron chi connectivity index (χ2n) is 10.4. The summed E-state index contributed by atoms with van der Waals surface area (Å²) in [5, 5.41) is 21.1. The van der Waals surface area contributed by atoms with E-state index in [1.54, 1.807) is 34.5 Å². The molecular weight excluding hydrogens is 721 g/mol. The van der Waals surface area contributed by atoms with Gasteiger partial charge < -0.3 is 24.2 Å². The molecule has 0 bridgehead atoms. The minimum Gasteiger partial charge on any atom is -0.594 e. The summed E-state index contributed by atoms with van der Waals surface area (Å²) in [5.41, 5.74) is 0.717. The predicted octanol–water partition coefficient (Wildman–Crippen LogP) is 11.0. The average molecular weight is 753 g/mol. The van der Waals surface area contributed by atoms with Crippen molar-refractivity contribution in [3.63, 3.8) is 0 Å². The van der Waals surface area contributed by atoms with Gasteiger partial charge in [-0.2, -0.15) is 0 Å². The topological polar surface area (TPSA) is 101 Å². The number of methoxy groups -OCH3 is 4. The number of rotatable bonds is 14. The molecule has 0 saturated heterocycles. The van der Waals surface area contributed by atoms with Gasteiger partial charge in [0.05, 0.1) is 28.4 Å². The van der Waals surface area contributed by atoms with Gasteiger partial charge >= 0.3 is 0 Å². The Labute approximate surface area is 313 Å². The van der Waals surface area contributed by atoms with Crippen LogP contribution in [0.15, 0.2) is 166 Å². The van der Waals surface area contributed by atoms with Crippen molar-refractivity contribution in [3.05, 3.63) is 127 Å². The van der Waals surface area contributed by atoms with Crippen LogP contribution in [0.2, 0.25) is 0 Å². The zero-order chi connectivity index (χ0) is 35.6. The minimum atomic E-state index is 0.298. The van der Waals surface area contributed by atoms with Crippen molar-refractivity contribution in [2.24, 2.45) is 5.11 Å². The largest absolute Gasteiger partial charge is 0.594 e. The number of ether oxygens (including phenoxy) is 4. The number of pyridine rings is 2. The van der Waals surface area contributed by atoms with Crippen molar-refractivity contribution >= 4 is 58.4 Å². The molecule has 0 amide bonds. The third-order valence-electron chi connectivity index (χ3n) is 7.15. The maximum absolute atomic E-state index is 14.0. The van der Waals surface area contributed by atoms with Crippen LogP contribution < -0.4 is 18.9 Å². The Morgan fingerprint density at radius 2 is 0.804 bits per heavy atom. The van der Waals surface area contributed by atoms with Crippen LogP contribution in [-0.4, -0.2) is 43.3 Å². The fraction of sp³-hybridized carbons (Fsp3) is 0.105. The van der Waals surface area contributed by atoms with Gasteiger partial charge in [0, 0.05) is 30.8 Å². The average Bonchev–Trinajstić information content (AvgIpc) is 3.17. The molecular formula is C38H32N4O5S4. The molecule has 0 aliphatic heterocycles. The van der Waals surface area contributed by atoms with Gasteiger partial charge in [-0.15, -0.1) is 0 Å². The molecule has 6 rings (SSSR count). The van der Waals surface area contributed by atoms with Crippen molar-refractivity contribution in [1.29, 1.82) is 0 Å². The zero-order valence-corrected chi connectivity index (χ0v) is 31.3. The van der Waals surface area contributed by atoms with Crippen LogP contribution in [0.1, 0.15) is 0 Å². The molecule has 0 aliphatic rings.